The van der Waals surface area contributed by atoms with E-state index in [2.05, 4.69) is 4.90 Å². The molecule has 4 atom stereocenters. The summed E-state index contributed by atoms with van der Waals surface area (Å²) in [7, 11) is 0. The van der Waals surface area contributed by atoms with Crippen molar-refractivity contribution in [1.29, 1.82) is 0 Å². The van der Waals surface area contributed by atoms with Crippen molar-refractivity contribution < 1.29 is 24.9 Å². The van der Waals surface area contributed by atoms with Crippen LogP contribution >= 0.6 is 0 Å². The number of ether oxygens (including phenoxy) is 1. The van der Waals surface area contributed by atoms with Crippen molar-refractivity contribution >= 4 is 5.91 Å². The highest BCUT2D eigenvalue weighted by molar-refractivity contribution is 5.77. The summed E-state index contributed by atoms with van der Waals surface area (Å²) in [6.07, 6.45) is 8.73. The zero-order valence-corrected chi connectivity index (χ0v) is 20.5. The van der Waals surface area contributed by atoms with Gasteiger partial charge in [-0.15, -0.1) is 0 Å². The quantitative estimate of drug-likeness (QED) is 0.611. The van der Waals surface area contributed by atoms with Gasteiger partial charge in [-0.2, -0.15) is 0 Å². The SMILES string of the molecule is O=C(CC1(O)CCCCC1)N1CC[C@@]2(O)[C@H]3Cc4ccc(O)c5c4[C@@]2(CCN3CC2CC2)[C@H](C1)O5. The molecule has 3 N–H and O–H groups in total. The van der Waals surface area contributed by atoms with Gasteiger partial charge in [0.1, 0.15) is 6.10 Å². The predicted octanol–water partition coefficient (Wildman–Crippen LogP) is 2.48. The lowest BCUT2D eigenvalue weighted by Crippen LogP contribution is -2.74. The Kier molecular flexibility index (Phi) is 4.85. The van der Waals surface area contributed by atoms with Gasteiger partial charge in [-0.1, -0.05) is 25.3 Å². The van der Waals surface area contributed by atoms with Crippen LogP contribution in [0.2, 0.25) is 0 Å². The van der Waals surface area contributed by atoms with Crippen molar-refractivity contribution in [2.45, 2.75) is 99.4 Å². The van der Waals surface area contributed by atoms with Crippen LogP contribution in [-0.4, -0.2) is 80.6 Å². The van der Waals surface area contributed by atoms with Gasteiger partial charge < -0.3 is 25.0 Å². The summed E-state index contributed by atoms with van der Waals surface area (Å²) in [5.74, 6) is 1.34. The van der Waals surface area contributed by atoms with E-state index in [1.807, 2.05) is 11.0 Å². The number of piperidine rings is 1. The lowest BCUT2D eigenvalue weighted by molar-refractivity contribution is -0.162. The normalized spacial score (nSPS) is 37.4. The number of hydrogen-bond donors (Lipinski definition) is 3. The van der Waals surface area contributed by atoms with Gasteiger partial charge in [-0.25, -0.2) is 0 Å². The van der Waals surface area contributed by atoms with Gasteiger partial charge in [-0.3, -0.25) is 9.69 Å². The van der Waals surface area contributed by atoms with Gasteiger partial charge in [0.15, 0.2) is 11.5 Å². The minimum atomic E-state index is -1.02. The second kappa shape index (κ2) is 7.59. The van der Waals surface area contributed by atoms with Gasteiger partial charge in [0.05, 0.1) is 29.6 Å². The summed E-state index contributed by atoms with van der Waals surface area (Å²) in [5, 5.41) is 34.5. The minimum absolute atomic E-state index is 0.0106. The van der Waals surface area contributed by atoms with Gasteiger partial charge in [0.25, 0.3) is 0 Å². The van der Waals surface area contributed by atoms with E-state index in [-0.39, 0.29) is 24.1 Å². The Hall–Kier alpha value is -1.83. The van der Waals surface area contributed by atoms with Gasteiger partial charge in [0.2, 0.25) is 5.91 Å². The molecular weight excluding hydrogens is 444 g/mol. The molecule has 2 bridgehead atoms. The summed E-state index contributed by atoms with van der Waals surface area (Å²) in [6.45, 7) is 2.81. The van der Waals surface area contributed by atoms with E-state index in [0.717, 1.165) is 56.7 Å². The molecule has 1 amide bonds. The standard InChI is InChI=1S/C28H38N2O5/c31-20-7-6-19-14-21-28(34)11-13-30(23(32)15-26(33)8-2-1-3-9-26)17-22-27(28,24(19)25(20)35-22)10-12-29(21)16-18-4-5-18/h6-7,18,21-22,31,33-34H,1-5,8-17H2/t21-,22+,27-,28-/m1/s1. The smallest absolute Gasteiger partial charge is 0.225 e. The number of phenols is 1. The molecule has 190 valence electrons. The maximum Gasteiger partial charge on any atom is 0.225 e. The Bertz CT molecular complexity index is 1050. The molecule has 3 heterocycles. The monoisotopic (exact) mass is 482 g/mol. The van der Waals surface area contributed by atoms with Crippen molar-refractivity contribution in [3.8, 4) is 11.5 Å². The second-order valence-corrected chi connectivity index (χ2v) is 12.4. The largest absolute Gasteiger partial charge is 0.504 e. The second-order valence-electron chi connectivity index (χ2n) is 12.4. The highest BCUT2D eigenvalue weighted by Gasteiger charge is 2.71. The minimum Gasteiger partial charge on any atom is -0.504 e. The van der Waals surface area contributed by atoms with Crippen LogP contribution in [0.5, 0.6) is 11.5 Å². The van der Waals surface area contributed by atoms with Crippen LogP contribution in [0.1, 0.15) is 75.3 Å². The predicted molar refractivity (Wildman–Crippen MR) is 129 cm³/mol. The number of amides is 1. The first-order valence-corrected chi connectivity index (χ1v) is 13.8. The van der Waals surface area contributed by atoms with E-state index in [1.54, 1.807) is 6.07 Å². The first-order chi connectivity index (χ1) is 16.8. The molecule has 3 aliphatic heterocycles. The molecule has 0 radical (unpaired) electrons. The third kappa shape index (κ3) is 3.17. The third-order valence-electron chi connectivity index (χ3n) is 10.4. The average Bonchev–Trinajstić information content (AvgIpc) is 3.59. The maximum atomic E-state index is 13.5. The Balaban J connectivity index is 1.26. The molecule has 0 aromatic heterocycles. The highest BCUT2D eigenvalue weighted by atomic mass is 16.5. The number of phenolic OH excluding ortho intramolecular Hbond substituents is 1. The molecule has 7 heteroatoms. The van der Waals surface area contributed by atoms with E-state index in [4.69, 9.17) is 4.74 Å². The lowest BCUT2D eigenvalue weighted by Gasteiger charge is -2.60. The van der Waals surface area contributed by atoms with E-state index in [0.29, 0.717) is 38.1 Å². The molecule has 4 fully saturated rings. The van der Waals surface area contributed by atoms with Gasteiger partial charge >= 0.3 is 0 Å². The molecular formula is C28H38N2O5. The van der Waals surface area contributed by atoms with Crippen molar-refractivity contribution in [3.05, 3.63) is 23.3 Å². The van der Waals surface area contributed by atoms with Crippen molar-refractivity contribution in [1.82, 2.24) is 9.80 Å². The van der Waals surface area contributed by atoms with E-state index in [1.165, 1.54) is 18.4 Å². The number of rotatable bonds is 4. The topological polar surface area (TPSA) is 93.5 Å². The number of hydrogen-bond acceptors (Lipinski definition) is 6. The Labute approximate surface area is 207 Å². The molecule has 6 aliphatic rings. The van der Waals surface area contributed by atoms with Crippen LogP contribution in [0, 0.1) is 5.92 Å². The number of aromatic hydroxyl groups is 1. The molecule has 1 aromatic rings. The maximum absolute atomic E-state index is 13.5. The zero-order chi connectivity index (χ0) is 24.0. The zero-order valence-electron chi connectivity index (χ0n) is 20.5. The number of carbonyl (C=O) groups is 1. The first-order valence-electron chi connectivity index (χ1n) is 13.8. The van der Waals surface area contributed by atoms with E-state index >= 15 is 0 Å². The summed E-state index contributed by atoms with van der Waals surface area (Å²) >= 11 is 0. The molecule has 35 heavy (non-hydrogen) atoms. The van der Waals surface area contributed by atoms with Crippen molar-refractivity contribution in [3.63, 3.8) is 0 Å². The average molecular weight is 483 g/mol. The summed E-state index contributed by atoms with van der Waals surface area (Å²) in [6, 6.07) is 3.73. The molecule has 2 saturated heterocycles. The van der Waals surface area contributed by atoms with Crippen molar-refractivity contribution in [2.24, 2.45) is 5.92 Å². The molecule has 7 rings (SSSR count). The molecule has 0 unspecified atom stereocenters. The fourth-order valence-corrected chi connectivity index (χ4v) is 8.41. The summed E-state index contributed by atoms with van der Waals surface area (Å²) < 4.78 is 6.49. The van der Waals surface area contributed by atoms with Crippen molar-refractivity contribution in [2.75, 3.05) is 26.2 Å². The molecule has 7 nitrogen and oxygen atoms in total. The molecule has 2 saturated carbocycles. The third-order valence-corrected chi connectivity index (χ3v) is 10.4. The number of likely N-dealkylation sites (tertiary alicyclic amines) is 2. The molecule has 3 aliphatic carbocycles. The van der Waals surface area contributed by atoms with Crippen LogP contribution in [0.4, 0.5) is 0 Å². The highest BCUT2D eigenvalue weighted by Crippen LogP contribution is 2.63. The number of aliphatic hydroxyl groups is 2. The molecule has 1 spiro atoms. The Morgan fingerprint density at radius 2 is 1.86 bits per heavy atom. The number of nitrogens with zero attached hydrogens (tertiary/aromatic N) is 2. The fraction of sp³-hybridized carbons (Fsp3) is 0.750. The van der Waals surface area contributed by atoms with Crippen LogP contribution < -0.4 is 4.74 Å². The van der Waals surface area contributed by atoms with Crippen LogP contribution in [0.15, 0.2) is 12.1 Å². The Morgan fingerprint density at radius 1 is 1.06 bits per heavy atom. The van der Waals surface area contributed by atoms with E-state index in [9.17, 15) is 20.1 Å². The fourth-order valence-electron chi connectivity index (χ4n) is 8.41. The van der Waals surface area contributed by atoms with Crippen LogP contribution in [0.25, 0.3) is 0 Å². The van der Waals surface area contributed by atoms with Crippen LogP contribution in [0.3, 0.4) is 0 Å². The lowest BCUT2D eigenvalue weighted by atomic mass is 9.52. The number of carbonyl (C=O) groups excluding carboxylic acids is 1. The summed E-state index contributed by atoms with van der Waals surface area (Å²) in [4.78, 5) is 17.9. The first kappa shape index (κ1) is 22.4. The van der Waals surface area contributed by atoms with Gasteiger partial charge in [-0.05, 0) is 69.0 Å². The van der Waals surface area contributed by atoms with Gasteiger partial charge in [0, 0.05) is 24.7 Å². The summed E-state index contributed by atoms with van der Waals surface area (Å²) in [5.41, 5.74) is -0.380. The Morgan fingerprint density at radius 3 is 2.63 bits per heavy atom. The number of benzene rings is 1. The van der Waals surface area contributed by atoms with Crippen LogP contribution in [-0.2, 0) is 16.6 Å². The molecule has 1 aromatic carbocycles. The van der Waals surface area contributed by atoms with E-state index < -0.39 is 22.7 Å².